The number of aryl methyl sites for hydroxylation is 1. The molecule has 138 valence electrons. The highest BCUT2D eigenvalue weighted by Crippen LogP contribution is 2.17. The van der Waals surface area contributed by atoms with Crippen LogP contribution in [0, 0.1) is 0 Å². The van der Waals surface area contributed by atoms with Crippen molar-refractivity contribution in [2.45, 2.75) is 26.2 Å². The lowest BCUT2D eigenvalue weighted by Gasteiger charge is -2.13. The van der Waals surface area contributed by atoms with Gasteiger partial charge in [0.2, 0.25) is 5.91 Å². The van der Waals surface area contributed by atoms with E-state index in [4.69, 9.17) is 0 Å². The van der Waals surface area contributed by atoms with Crippen LogP contribution in [0.15, 0.2) is 48.5 Å². The van der Waals surface area contributed by atoms with E-state index in [1.165, 1.54) is 0 Å². The average molecular weight is 353 g/mol. The number of rotatable bonds is 8. The van der Waals surface area contributed by atoms with E-state index in [1.54, 1.807) is 18.2 Å². The first kappa shape index (κ1) is 19.5. The third kappa shape index (κ3) is 5.62. The molecule has 2 N–H and O–H groups in total. The largest absolute Gasteiger partial charge is 0.378 e. The quantitative estimate of drug-likeness (QED) is 0.764. The normalized spacial score (nSPS) is 10.3. The van der Waals surface area contributed by atoms with E-state index < -0.39 is 0 Å². The Hall–Kier alpha value is -2.82. The van der Waals surface area contributed by atoms with Gasteiger partial charge in [0.1, 0.15) is 0 Å². The number of para-hydroxylation sites is 1. The van der Waals surface area contributed by atoms with Gasteiger partial charge >= 0.3 is 0 Å². The van der Waals surface area contributed by atoms with Gasteiger partial charge in [0.05, 0.1) is 11.3 Å². The van der Waals surface area contributed by atoms with Gasteiger partial charge in [-0.3, -0.25) is 9.59 Å². The Morgan fingerprint density at radius 1 is 1.00 bits per heavy atom. The lowest BCUT2D eigenvalue weighted by atomic mass is 10.1. The molecule has 0 unspecified atom stereocenters. The van der Waals surface area contributed by atoms with E-state index in [1.807, 2.05) is 56.3 Å². The van der Waals surface area contributed by atoms with Gasteiger partial charge in [-0.05, 0) is 42.7 Å². The molecular formula is C21H27N3O2. The molecule has 0 aliphatic rings. The fourth-order valence-corrected chi connectivity index (χ4v) is 2.56. The van der Waals surface area contributed by atoms with Crippen molar-refractivity contribution in [1.29, 1.82) is 0 Å². The van der Waals surface area contributed by atoms with E-state index in [0.29, 0.717) is 30.6 Å². The smallest absolute Gasteiger partial charge is 0.253 e. The molecule has 2 aromatic carbocycles. The summed E-state index contributed by atoms with van der Waals surface area (Å²) < 4.78 is 0. The van der Waals surface area contributed by atoms with Gasteiger partial charge in [-0.25, -0.2) is 0 Å². The van der Waals surface area contributed by atoms with Crippen LogP contribution in [-0.4, -0.2) is 32.5 Å². The summed E-state index contributed by atoms with van der Waals surface area (Å²) in [5.41, 5.74) is 3.28. The molecule has 0 atom stereocenters. The van der Waals surface area contributed by atoms with Crippen molar-refractivity contribution >= 4 is 23.2 Å². The summed E-state index contributed by atoms with van der Waals surface area (Å²) in [6.07, 6.45) is 1.89. The van der Waals surface area contributed by atoms with Crippen molar-refractivity contribution in [2.24, 2.45) is 0 Å². The molecule has 0 radical (unpaired) electrons. The van der Waals surface area contributed by atoms with Crippen LogP contribution in [0.1, 0.15) is 35.7 Å². The monoisotopic (exact) mass is 353 g/mol. The van der Waals surface area contributed by atoms with Gasteiger partial charge in [-0.1, -0.05) is 31.2 Å². The molecule has 0 saturated heterocycles. The summed E-state index contributed by atoms with van der Waals surface area (Å²) in [4.78, 5) is 26.5. The zero-order chi connectivity index (χ0) is 18.9. The number of carbonyl (C=O) groups is 2. The Kier molecular flexibility index (Phi) is 7.21. The van der Waals surface area contributed by atoms with E-state index >= 15 is 0 Å². The van der Waals surface area contributed by atoms with Crippen LogP contribution in [0.3, 0.4) is 0 Å². The van der Waals surface area contributed by atoms with Gasteiger partial charge in [0.25, 0.3) is 5.91 Å². The third-order valence-electron chi connectivity index (χ3n) is 4.07. The number of carbonyl (C=O) groups excluding carboxylic acids is 2. The number of nitrogens with one attached hydrogen (secondary N) is 2. The molecule has 2 aromatic rings. The number of hydrogen-bond acceptors (Lipinski definition) is 3. The second-order valence-electron chi connectivity index (χ2n) is 6.41. The predicted molar refractivity (Wildman–Crippen MR) is 107 cm³/mol. The van der Waals surface area contributed by atoms with E-state index in [9.17, 15) is 9.59 Å². The Bertz CT molecular complexity index is 739. The number of anilines is 2. The minimum Gasteiger partial charge on any atom is -0.378 e. The van der Waals surface area contributed by atoms with Gasteiger partial charge in [0, 0.05) is 32.7 Å². The summed E-state index contributed by atoms with van der Waals surface area (Å²) >= 11 is 0. The van der Waals surface area contributed by atoms with Crippen LogP contribution < -0.4 is 15.5 Å². The molecule has 5 nitrogen and oxygen atoms in total. The van der Waals surface area contributed by atoms with Crippen LogP contribution in [0.25, 0.3) is 0 Å². The molecule has 2 amide bonds. The lowest BCUT2D eigenvalue weighted by Crippen LogP contribution is -2.25. The Labute approximate surface area is 155 Å². The van der Waals surface area contributed by atoms with Crippen molar-refractivity contribution in [3.63, 3.8) is 0 Å². The molecule has 0 heterocycles. The van der Waals surface area contributed by atoms with E-state index in [-0.39, 0.29) is 11.8 Å². The molecule has 0 spiro atoms. The molecule has 2 rings (SSSR count). The van der Waals surface area contributed by atoms with Crippen LogP contribution in [-0.2, 0) is 11.2 Å². The van der Waals surface area contributed by atoms with Crippen LogP contribution in [0.2, 0.25) is 0 Å². The molecule has 5 heteroatoms. The maximum absolute atomic E-state index is 12.3. The van der Waals surface area contributed by atoms with Gasteiger partial charge < -0.3 is 15.5 Å². The fourth-order valence-electron chi connectivity index (χ4n) is 2.56. The molecule has 26 heavy (non-hydrogen) atoms. The summed E-state index contributed by atoms with van der Waals surface area (Å²) in [5, 5.41) is 5.70. The number of nitrogens with zero attached hydrogens (tertiary/aromatic N) is 1. The molecule has 0 aliphatic heterocycles. The average Bonchev–Trinajstić information content (AvgIpc) is 2.65. The molecule has 0 aliphatic carbocycles. The molecule has 0 fully saturated rings. The maximum Gasteiger partial charge on any atom is 0.253 e. The van der Waals surface area contributed by atoms with Crippen molar-refractivity contribution in [2.75, 3.05) is 30.9 Å². The summed E-state index contributed by atoms with van der Waals surface area (Å²) in [6.45, 7) is 2.61. The molecule has 0 bridgehead atoms. The second-order valence-corrected chi connectivity index (χ2v) is 6.41. The number of hydrogen-bond donors (Lipinski definition) is 2. The van der Waals surface area contributed by atoms with Crippen LogP contribution in [0.5, 0.6) is 0 Å². The number of benzene rings is 2. The number of amides is 2. The first-order valence-corrected chi connectivity index (χ1v) is 8.94. The summed E-state index contributed by atoms with van der Waals surface area (Å²) in [6, 6.07) is 15.2. The SMILES string of the molecule is CCCNC(=O)c1ccccc1NC(=O)CCc1ccc(N(C)C)cc1. The van der Waals surface area contributed by atoms with Gasteiger partial charge in [0.15, 0.2) is 0 Å². The summed E-state index contributed by atoms with van der Waals surface area (Å²) in [5.74, 6) is -0.264. The molecular weight excluding hydrogens is 326 g/mol. The third-order valence-corrected chi connectivity index (χ3v) is 4.07. The highest BCUT2D eigenvalue weighted by molar-refractivity contribution is 6.03. The predicted octanol–water partition coefficient (Wildman–Crippen LogP) is 3.46. The minimum absolute atomic E-state index is 0.0996. The van der Waals surface area contributed by atoms with Gasteiger partial charge in [-0.2, -0.15) is 0 Å². The van der Waals surface area contributed by atoms with E-state index in [0.717, 1.165) is 17.7 Å². The minimum atomic E-state index is -0.165. The zero-order valence-electron chi connectivity index (χ0n) is 15.7. The van der Waals surface area contributed by atoms with Gasteiger partial charge in [-0.15, -0.1) is 0 Å². The Morgan fingerprint density at radius 2 is 1.69 bits per heavy atom. The molecule has 0 saturated carbocycles. The zero-order valence-corrected chi connectivity index (χ0v) is 15.7. The topological polar surface area (TPSA) is 61.4 Å². The second kappa shape index (κ2) is 9.61. The Balaban J connectivity index is 1.94. The standard InChI is InChI=1S/C21H27N3O2/c1-4-15-22-21(26)18-7-5-6-8-19(18)23-20(25)14-11-16-9-12-17(13-10-16)24(2)3/h5-10,12-13H,4,11,14-15H2,1-3H3,(H,22,26)(H,23,25). The summed E-state index contributed by atoms with van der Waals surface area (Å²) in [7, 11) is 3.99. The van der Waals surface area contributed by atoms with Crippen molar-refractivity contribution < 1.29 is 9.59 Å². The molecule has 0 aromatic heterocycles. The van der Waals surface area contributed by atoms with E-state index in [2.05, 4.69) is 10.6 Å². The first-order chi connectivity index (χ1) is 12.5. The van der Waals surface area contributed by atoms with Crippen molar-refractivity contribution in [3.05, 3.63) is 59.7 Å². The van der Waals surface area contributed by atoms with Crippen molar-refractivity contribution in [1.82, 2.24) is 5.32 Å². The van der Waals surface area contributed by atoms with Crippen LogP contribution in [0.4, 0.5) is 11.4 Å². The van der Waals surface area contributed by atoms with Crippen LogP contribution >= 0.6 is 0 Å². The Morgan fingerprint density at radius 3 is 2.35 bits per heavy atom. The van der Waals surface area contributed by atoms with Crippen molar-refractivity contribution in [3.8, 4) is 0 Å². The fraction of sp³-hybridized carbons (Fsp3) is 0.333. The maximum atomic E-state index is 12.3. The highest BCUT2D eigenvalue weighted by atomic mass is 16.2. The lowest BCUT2D eigenvalue weighted by molar-refractivity contribution is -0.116. The highest BCUT2D eigenvalue weighted by Gasteiger charge is 2.12. The first-order valence-electron chi connectivity index (χ1n) is 8.94.